The van der Waals surface area contributed by atoms with Crippen LogP contribution < -0.4 is 0 Å². The number of aliphatic hydroxyl groups excluding tert-OH is 2. The molecule has 0 aromatic heterocycles. The van der Waals surface area contributed by atoms with Gasteiger partial charge in [-0.2, -0.15) is 0 Å². The summed E-state index contributed by atoms with van der Waals surface area (Å²) in [5.41, 5.74) is 0. The van der Waals surface area contributed by atoms with Gasteiger partial charge in [-0.25, -0.2) is 0 Å². The van der Waals surface area contributed by atoms with Gasteiger partial charge in [-0.1, -0.05) is 107 Å². The fourth-order valence-electron chi connectivity index (χ4n) is 4.22. The number of esters is 2. The zero-order valence-corrected chi connectivity index (χ0v) is 27.0. The van der Waals surface area contributed by atoms with Crippen molar-refractivity contribution < 1.29 is 29.3 Å². The number of hydrogen-bond donors (Lipinski definition) is 2. The van der Waals surface area contributed by atoms with Crippen molar-refractivity contribution in [3.63, 3.8) is 0 Å². The average molecular weight is 591 g/mol. The first-order chi connectivity index (χ1) is 20.3. The van der Waals surface area contributed by atoms with Crippen molar-refractivity contribution in [2.24, 2.45) is 5.92 Å². The molecule has 0 aromatic carbocycles. The minimum absolute atomic E-state index is 0.142. The summed E-state index contributed by atoms with van der Waals surface area (Å²) < 4.78 is 10.2. The van der Waals surface area contributed by atoms with Crippen LogP contribution in [-0.4, -0.2) is 47.6 Å². The van der Waals surface area contributed by atoms with Gasteiger partial charge >= 0.3 is 11.9 Å². The van der Waals surface area contributed by atoms with Crippen LogP contribution in [0.2, 0.25) is 0 Å². The summed E-state index contributed by atoms with van der Waals surface area (Å²) in [6.45, 7) is 6.06. The Kier molecular flexibility index (Phi) is 28.7. The third-order valence-electron chi connectivity index (χ3n) is 6.76. The van der Waals surface area contributed by atoms with Crippen LogP contribution in [0.25, 0.3) is 0 Å². The van der Waals surface area contributed by atoms with Crippen LogP contribution in [-0.2, 0) is 19.1 Å². The number of ether oxygens (including phenoxy) is 2. The third-order valence-corrected chi connectivity index (χ3v) is 6.76. The smallest absolute Gasteiger partial charge is 0.305 e. The van der Waals surface area contributed by atoms with E-state index in [-0.39, 0.29) is 31.3 Å². The van der Waals surface area contributed by atoms with Crippen LogP contribution in [0.3, 0.4) is 0 Å². The van der Waals surface area contributed by atoms with E-state index in [0.29, 0.717) is 19.3 Å². The zero-order chi connectivity index (χ0) is 31.1. The molecule has 2 N–H and O–H groups in total. The van der Waals surface area contributed by atoms with Gasteiger partial charge in [-0.15, -0.1) is 0 Å². The molecule has 0 spiro atoms. The van der Waals surface area contributed by atoms with Gasteiger partial charge in [0.15, 0.2) is 0 Å². The lowest BCUT2D eigenvalue weighted by molar-refractivity contribution is -0.152. The third kappa shape index (κ3) is 32.3. The quantitative estimate of drug-likeness (QED) is 0.0538. The molecule has 0 aliphatic rings. The highest BCUT2D eigenvalue weighted by molar-refractivity contribution is 5.69. The van der Waals surface area contributed by atoms with Gasteiger partial charge in [0.05, 0.1) is 6.10 Å². The summed E-state index contributed by atoms with van der Waals surface area (Å²) in [4.78, 5) is 23.7. The van der Waals surface area contributed by atoms with Crippen LogP contribution in [0.4, 0.5) is 0 Å². The van der Waals surface area contributed by atoms with E-state index < -0.39 is 6.10 Å². The van der Waals surface area contributed by atoms with Crippen LogP contribution in [0.1, 0.15) is 136 Å². The topological polar surface area (TPSA) is 93.1 Å². The fraction of sp³-hybridized carbons (Fsp3) is 0.722. The van der Waals surface area contributed by atoms with E-state index in [2.05, 4.69) is 62.5 Å². The normalized spacial score (nSPS) is 13.7. The Morgan fingerprint density at radius 2 is 0.976 bits per heavy atom. The highest BCUT2D eigenvalue weighted by Gasteiger charge is 2.12. The number of allylic oxidation sites excluding steroid dienone is 8. The molecule has 0 fully saturated rings. The second-order valence-electron chi connectivity index (χ2n) is 11.7. The van der Waals surface area contributed by atoms with Crippen LogP contribution in [0.5, 0.6) is 0 Å². The Morgan fingerprint density at radius 1 is 0.548 bits per heavy atom. The number of rotatable bonds is 28. The van der Waals surface area contributed by atoms with Crippen LogP contribution in [0.15, 0.2) is 48.6 Å². The summed E-state index contributed by atoms with van der Waals surface area (Å²) in [7, 11) is 0. The zero-order valence-electron chi connectivity index (χ0n) is 27.0. The molecule has 0 aromatic rings. The maximum Gasteiger partial charge on any atom is 0.305 e. The van der Waals surface area contributed by atoms with E-state index in [1.807, 2.05) is 6.92 Å². The Bertz CT molecular complexity index is 750. The van der Waals surface area contributed by atoms with Crippen molar-refractivity contribution >= 4 is 11.9 Å². The molecule has 0 radical (unpaired) electrons. The van der Waals surface area contributed by atoms with Crippen molar-refractivity contribution in [2.75, 3.05) is 13.2 Å². The Balaban J connectivity index is 3.60. The number of hydrogen-bond acceptors (Lipinski definition) is 6. The van der Waals surface area contributed by atoms with E-state index in [1.54, 1.807) is 0 Å². The Morgan fingerprint density at radius 3 is 1.48 bits per heavy atom. The molecule has 0 saturated carbocycles. The lowest BCUT2D eigenvalue weighted by Gasteiger charge is -2.12. The largest absolute Gasteiger partial charge is 0.463 e. The first-order valence-electron chi connectivity index (χ1n) is 16.6. The molecule has 0 bridgehead atoms. The maximum atomic E-state index is 11.9. The van der Waals surface area contributed by atoms with Crippen molar-refractivity contribution in [2.45, 2.75) is 149 Å². The average Bonchev–Trinajstić information content (AvgIpc) is 2.95. The number of unbranched alkanes of at least 4 members (excludes halogenated alkanes) is 8. The fourth-order valence-corrected chi connectivity index (χ4v) is 4.22. The van der Waals surface area contributed by atoms with Gasteiger partial charge in [0.25, 0.3) is 0 Å². The van der Waals surface area contributed by atoms with Gasteiger partial charge in [-0.05, 0) is 70.6 Å². The monoisotopic (exact) mass is 590 g/mol. The minimum Gasteiger partial charge on any atom is -0.463 e. The second kappa shape index (κ2) is 30.3. The molecule has 6 nitrogen and oxygen atoms in total. The van der Waals surface area contributed by atoms with Gasteiger partial charge in [0.2, 0.25) is 0 Å². The number of carbonyl (C=O) groups excluding carboxylic acids is 2. The molecule has 0 unspecified atom stereocenters. The standard InChI is InChI=1S/C36H62O6/c1-32(2)26-22-18-14-13-17-21-25-29-36(40)42-31-34(38)30-41-35(39)28-24-20-16-12-10-8-6-4-5-7-9-11-15-19-23-27-33(3)37/h5-8,11-12,15-16,32-34,37-38H,4,9-10,13-14,17-31H2,1-3H3/b7-5-,8-6-,15-11-,16-12-/t33-,34+/m1/s1. The summed E-state index contributed by atoms with van der Waals surface area (Å²) in [6.07, 6.45) is 33.1. The second-order valence-corrected chi connectivity index (χ2v) is 11.7. The molecular formula is C36H62O6. The van der Waals surface area contributed by atoms with Crippen molar-refractivity contribution in [3.8, 4) is 0 Å². The molecule has 0 saturated heterocycles. The predicted octanol–water partition coefficient (Wildman–Crippen LogP) is 8.72. The predicted molar refractivity (Wildman–Crippen MR) is 174 cm³/mol. The summed E-state index contributed by atoms with van der Waals surface area (Å²) in [5, 5.41) is 19.1. The Hall–Kier alpha value is -2.18. The molecular weight excluding hydrogens is 528 g/mol. The summed E-state index contributed by atoms with van der Waals surface area (Å²) in [6, 6.07) is 0. The lowest BCUT2D eigenvalue weighted by Crippen LogP contribution is -2.25. The van der Waals surface area contributed by atoms with E-state index in [9.17, 15) is 19.8 Å². The molecule has 0 heterocycles. The lowest BCUT2D eigenvalue weighted by atomic mass is 10.0. The molecule has 2 atom stereocenters. The molecule has 0 rings (SSSR count). The molecule has 42 heavy (non-hydrogen) atoms. The first-order valence-corrected chi connectivity index (χ1v) is 16.6. The highest BCUT2D eigenvalue weighted by atomic mass is 16.6. The van der Waals surface area contributed by atoms with E-state index in [0.717, 1.165) is 70.1 Å². The van der Waals surface area contributed by atoms with E-state index in [1.165, 1.54) is 32.1 Å². The van der Waals surface area contributed by atoms with Crippen molar-refractivity contribution in [1.29, 1.82) is 0 Å². The molecule has 242 valence electrons. The van der Waals surface area contributed by atoms with E-state index >= 15 is 0 Å². The number of aliphatic hydroxyl groups is 2. The van der Waals surface area contributed by atoms with Crippen LogP contribution >= 0.6 is 0 Å². The molecule has 6 heteroatoms. The van der Waals surface area contributed by atoms with Gasteiger partial charge in [0.1, 0.15) is 19.3 Å². The SMILES string of the molecule is CC(C)CCCCCCCCCC(=O)OC[C@@H](O)COC(=O)CCC/C=C\C/C=C\C/C=C\C/C=C\CCC[C@@H](C)O. The number of carbonyl (C=O) groups is 2. The van der Waals surface area contributed by atoms with Crippen molar-refractivity contribution in [1.82, 2.24) is 0 Å². The Labute approximate surface area is 257 Å². The first kappa shape index (κ1) is 39.8. The summed E-state index contributed by atoms with van der Waals surface area (Å²) in [5.74, 6) is 0.133. The van der Waals surface area contributed by atoms with Gasteiger partial charge in [-0.3, -0.25) is 9.59 Å². The van der Waals surface area contributed by atoms with E-state index in [4.69, 9.17) is 9.47 Å². The molecule has 0 amide bonds. The minimum atomic E-state index is -0.992. The summed E-state index contributed by atoms with van der Waals surface area (Å²) >= 11 is 0. The highest BCUT2D eigenvalue weighted by Crippen LogP contribution is 2.13. The molecule has 0 aliphatic carbocycles. The maximum absolute atomic E-state index is 11.9. The van der Waals surface area contributed by atoms with Crippen LogP contribution in [0, 0.1) is 5.92 Å². The molecule has 0 aliphatic heterocycles. The van der Waals surface area contributed by atoms with Gasteiger partial charge in [0, 0.05) is 12.8 Å². The van der Waals surface area contributed by atoms with Crippen molar-refractivity contribution in [3.05, 3.63) is 48.6 Å². The van der Waals surface area contributed by atoms with Gasteiger partial charge < -0.3 is 19.7 Å².